The molecule has 28 nitrogen and oxygen atoms in total. The maximum absolute atomic E-state index is 12.6. The molecule has 0 aliphatic heterocycles. The van der Waals surface area contributed by atoms with E-state index in [0.717, 1.165) is 13.3 Å². The van der Waals surface area contributed by atoms with Crippen LogP contribution in [-0.2, 0) is 70.5 Å². The van der Waals surface area contributed by atoms with Gasteiger partial charge in [0, 0.05) is 58.1 Å². The van der Waals surface area contributed by atoms with Gasteiger partial charge in [0.05, 0.1) is 33.0 Å². The van der Waals surface area contributed by atoms with Crippen LogP contribution in [0.25, 0.3) is 0 Å². The van der Waals surface area contributed by atoms with Gasteiger partial charge in [-0.1, -0.05) is 7.43 Å². The molecule has 0 spiro atoms. The van der Waals surface area contributed by atoms with Crippen molar-refractivity contribution in [2.75, 3.05) is 73.4 Å². The number of imidazole rings is 2. The molecule has 0 saturated carbocycles. The van der Waals surface area contributed by atoms with E-state index in [0.29, 0.717) is 13.2 Å². The summed E-state index contributed by atoms with van der Waals surface area (Å²) in [5, 5.41) is 7.71. The first-order valence-corrected chi connectivity index (χ1v) is 31.6. The van der Waals surface area contributed by atoms with Gasteiger partial charge in [0.15, 0.2) is 0 Å². The fourth-order valence-corrected chi connectivity index (χ4v) is 8.84. The minimum atomic E-state index is -3.64. The fourth-order valence-electron chi connectivity index (χ4n) is 4.16. The number of likely N-dealkylation sites (N-methyl/N-ethyl adjacent to an activating group) is 1. The maximum atomic E-state index is 12.6. The molecule has 71 heavy (non-hydrogen) atoms. The second-order valence-corrected chi connectivity index (χ2v) is 25.5. The minimum Gasteiger partial charge on any atom is -0.465 e. The predicted octanol–water partition coefficient (Wildman–Crippen LogP) is 3.55. The molecule has 9 atom stereocenters. The van der Waals surface area contributed by atoms with Crippen LogP contribution >= 0.6 is 37.5 Å². The highest BCUT2D eigenvalue weighted by Crippen LogP contribution is 2.42. The molecule has 2 aromatic heterocycles. The molecule has 9 N–H and O–H groups in total. The van der Waals surface area contributed by atoms with Gasteiger partial charge in [0.2, 0.25) is 14.9 Å². The molecule has 33 heteroatoms. The van der Waals surface area contributed by atoms with Crippen LogP contribution in [0.3, 0.4) is 0 Å². The summed E-state index contributed by atoms with van der Waals surface area (Å²) >= 11 is 0. The summed E-state index contributed by atoms with van der Waals surface area (Å²) in [5.41, 5.74) is 5.15. The average Bonchev–Trinajstić information content (AvgIpc) is 3.97. The highest BCUT2D eigenvalue weighted by atomic mass is 31.2. The van der Waals surface area contributed by atoms with Crippen LogP contribution in [0, 0.1) is 0 Å². The number of nitrogens with two attached hydrogens (primary N) is 1. The Balaban J connectivity index is -0.000000257. The number of hydrogen-bond donors (Lipinski definition) is 8. The minimum absolute atomic E-state index is 0. The summed E-state index contributed by atoms with van der Waals surface area (Å²) in [5.74, 6) is -2.21. The molecule has 2 aromatic rings. The lowest BCUT2D eigenvalue weighted by Crippen LogP contribution is -2.42. The number of nitrogens with one attached hydrogen (secondary N) is 3. The van der Waals surface area contributed by atoms with Crippen molar-refractivity contribution in [3.05, 3.63) is 37.4 Å². The SMILES string of the molecule is C.CCOC(=O)C(C)N.CCOC(=O)C(C)NP(C)(=O)N(C)C(C)C(=O)OCC.CCOC(=O)C(C)NP(C)(=O)O.CCOC(=O)C(C)NP(C)(=O)n1ccnc1.CP(=O)(O)O.CP(=O)(O)n1ccnc1. The highest BCUT2D eigenvalue weighted by Gasteiger charge is 2.33. The second kappa shape index (κ2) is 38.2. The standard InChI is InChI=1S/C12H25N2O5P.C9H16N3O3P.C6H14NO4P.C5H11NO2.C4H7N2O2P.CH5O3P.CH4/c1-7-18-11(15)9(3)13-20(6,17)14(5)10(4)12(16)19-8-2;1-4-15-9(13)8(2)11-16(3,14)12-6-5-10-7-12;1-4-11-6(8)5(2)7-12(3,9)10;1-3-8-5(7)4(2)6;1-9(7,8)6-3-2-5-4-6;1-5(2,3)4;/h9-10H,7-8H2,1-6H3,(H,13,17);5-8H,4H2,1-3H3,(H,11,14);5H,4H2,1-3H3,(H2,7,9,10);4H,3,6H2,1-2H3;2-4H,1H3,(H,7,8);1H3,(H2,2,3,4);1H4. The summed E-state index contributed by atoms with van der Waals surface area (Å²) in [6.07, 6.45) is 8.82. The molecule has 0 saturated heterocycles. The van der Waals surface area contributed by atoms with E-state index in [-0.39, 0.29) is 33.2 Å². The third-order valence-corrected chi connectivity index (χ3v) is 13.9. The second-order valence-electron chi connectivity index (χ2n) is 14.5. The van der Waals surface area contributed by atoms with Crippen molar-refractivity contribution in [2.24, 2.45) is 5.73 Å². The zero-order valence-electron chi connectivity index (χ0n) is 42.8. The first-order chi connectivity index (χ1) is 31.8. The molecule has 0 fully saturated rings. The Morgan fingerprint density at radius 1 is 0.577 bits per heavy atom. The van der Waals surface area contributed by atoms with Crippen LogP contribution in [0.5, 0.6) is 0 Å². The normalized spacial score (nSPS) is 16.0. The Morgan fingerprint density at radius 2 is 0.887 bits per heavy atom. The number of carbonyl (C=O) groups is 5. The molecule has 0 amide bonds. The Kier molecular flexibility index (Phi) is 41.1. The summed E-state index contributed by atoms with van der Waals surface area (Å²) < 4.78 is 83.4. The van der Waals surface area contributed by atoms with Crippen LogP contribution in [0.4, 0.5) is 0 Å². The highest BCUT2D eigenvalue weighted by molar-refractivity contribution is 7.59. The van der Waals surface area contributed by atoms with Crippen LogP contribution < -0.4 is 21.0 Å². The predicted molar refractivity (Wildman–Crippen MR) is 270 cm³/mol. The van der Waals surface area contributed by atoms with Gasteiger partial charge in [-0.3, -0.25) is 55.5 Å². The monoisotopic (exact) mass is 1120 g/mol. The van der Waals surface area contributed by atoms with Crippen LogP contribution in [0.15, 0.2) is 37.4 Å². The van der Waals surface area contributed by atoms with Crippen molar-refractivity contribution in [2.45, 2.75) is 107 Å². The van der Waals surface area contributed by atoms with E-state index in [9.17, 15) is 46.8 Å². The first kappa shape index (κ1) is 76.5. The van der Waals surface area contributed by atoms with Gasteiger partial charge < -0.3 is 49.0 Å². The van der Waals surface area contributed by atoms with Crippen molar-refractivity contribution >= 4 is 67.4 Å². The summed E-state index contributed by atoms with van der Waals surface area (Å²) in [6, 6.07) is -3.24. The Hall–Kier alpha value is -3.44. The van der Waals surface area contributed by atoms with Crippen LogP contribution in [-0.4, -0.2) is 176 Å². The van der Waals surface area contributed by atoms with Crippen molar-refractivity contribution in [3.63, 3.8) is 0 Å². The number of ether oxygens (including phenoxy) is 5. The third-order valence-electron chi connectivity index (χ3n) is 7.52. The molecule has 0 aromatic carbocycles. The van der Waals surface area contributed by atoms with E-state index in [4.69, 9.17) is 39.5 Å². The zero-order valence-corrected chi connectivity index (χ0v) is 47.3. The van der Waals surface area contributed by atoms with Crippen molar-refractivity contribution in [1.29, 1.82) is 0 Å². The number of nitrogens with zero attached hydrogens (tertiary/aromatic N) is 5. The summed E-state index contributed by atoms with van der Waals surface area (Å²) in [4.78, 5) is 96.2. The van der Waals surface area contributed by atoms with Gasteiger partial charge in [-0.2, -0.15) is 0 Å². The van der Waals surface area contributed by atoms with E-state index < -0.39 is 91.6 Å². The number of carbonyl (C=O) groups excluding carboxylic acids is 5. The fraction of sp³-hybridized carbons (Fsp3) is 0.711. The smallest absolute Gasteiger partial charge is 0.323 e. The van der Waals surface area contributed by atoms with Gasteiger partial charge in [-0.15, -0.1) is 0 Å². The lowest BCUT2D eigenvalue weighted by molar-refractivity contribution is -0.147. The van der Waals surface area contributed by atoms with Crippen LogP contribution in [0.1, 0.15) is 76.7 Å². The zero-order chi connectivity index (χ0) is 55.9. The van der Waals surface area contributed by atoms with E-state index >= 15 is 0 Å². The van der Waals surface area contributed by atoms with Gasteiger partial charge in [-0.25, -0.2) is 29.9 Å². The van der Waals surface area contributed by atoms with E-state index in [1.807, 2.05) is 0 Å². The van der Waals surface area contributed by atoms with E-state index in [1.54, 1.807) is 75.6 Å². The lowest BCUT2D eigenvalue weighted by atomic mass is 10.3. The molecule has 418 valence electrons. The van der Waals surface area contributed by atoms with Crippen molar-refractivity contribution < 1.29 is 90.1 Å². The molecular formula is C38H82N9O19P5. The third kappa shape index (κ3) is 40.7. The van der Waals surface area contributed by atoms with Gasteiger partial charge in [-0.05, 0) is 76.3 Å². The molecule has 2 rings (SSSR count). The van der Waals surface area contributed by atoms with Gasteiger partial charge >= 0.3 is 37.4 Å². The molecule has 0 aliphatic carbocycles. The molecule has 0 bridgehead atoms. The molecule has 9 unspecified atom stereocenters. The summed E-state index contributed by atoms with van der Waals surface area (Å²) in [6.45, 7) is 24.1. The van der Waals surface area contributed by atoms with Gasteiger partial charge in [0.1, 0.15) is 42.9 Å². The molecule has 2 heterocycles. The largest absolute Gasteiger partial charge is 0.465 e. The van der Waals surface area contributed by atoms with Crippen molar-refractivity contribution in [1.82, 2.24) is 38.6 Å². The Labute approximate surface area is 418 Å². The molecule has 0 radical (unpaired) electrons. The molecular weight excluding hydrogens is 1040 g/mol. The Morgan fingerprint density at radius 3 is 1.15 bits per heavy atom. The van der Waals surface area contributed by atoms with Crippen LogP contribution in [0.2, 0.25) is 0 Å². The summed E-state index contributed by atoms with van der Waals surface area (Å²) in [7, 11) is -14.5. The maximum Gasteiger partial charge on any atom is 0.323 e. The molecule has 0 aliphatic rings. The first-order valence-electron chi connectivity index (χ1n) is 21.2. The number of esters is 5. The van der Waals surface area contributed by atoms with Gasteiger partial charge in [0.25, 0.3) is 15.0 Å². The number of rotatable bonds is 20. The lowest BCUT2D eigenvalue weighted by Gasteiger charge is -2.31. The topological polar surface area (TPSA) is 399 Å². The number of hydrogen-bond acceptors (Lipinski definition) is 18. The van der Waals surface area contributed by atoms with E-state index in [2.05, 4.69) is 34.7 Å². The Bertz CT molecular complexity index is 2040. The van der Waals surface area contributed by atoms with E-state index in [1.165, 1.54) is 71.5 Å². The quantitative estimate of drug-likeness (QED) is 0.0534. The average molecular weight is 1120 g/mol. The van der Waals surface area contributed by atoms with Crippen molar-refractivity contribution in [3.8, 4) is 0 Å². The number of aromatic nitrogens is 4.